The van der Waals surface area contributed by atoms with Gasteiger partial charge in [-0.1, -0.05) is 27.4 Å². The van der Waals surface area contributed by atoms with Gasteiger partial charge < -0.3 is 0 Å². The number of imide groups is 1. The van der Waals surface area contributed by atoms with Crippen LogP contribution in [0.15, 0.2) is 12.2 Å². The van der Waals surface area contributed by atoms with E-state index in [2.05, 4.69) is 6.58 Å². The molecule has 0 aromatic heterocycles. The van der Waals surface area contributed by atoms with E-state index in [1.165, 1.54) is 4.90 Å². The molecule has 86 valence electrons. The SMILES string of the molecule is C=C(C)C(=O)N(C(=O)C(C)(C)C)C(C)C. The van der Waals surface area contributed by atoms with Gasteiger partial charge in [0.1, 0.15) is 0 Å². The van der Waals surface area contributed by atoms with Crippen molar-refractivity contribution in [3.8, 4) is 0 Å². The van der Waals surface area contributed by atoms with E-state index in [1.807, 2.05) is 13.8 Å². The van der Waals surface area contributed by atoms with E-state index in [0.29, 0.717) is 5.57 Å². The Bertz CT molecular complexity index is 284. The predicted octanol–water partition coefficient (Wildman–Crippen LogP) is 2.37. The van der Waals surface area contributed by atoms with Gasteiger partial charge in [0.2, 0.25) is 5.91 Å². The lowest BCUT2D eigenvalue weighted by atomic mass is 9.93. The topological polar surface area (TPSA) is 37.4 Å². The minimum Gasteiger partial charge on any atom is -0.276 e. The molecule has 0 saturated heterocycles. The highest BCUT2D eigenvalue weighted by Crippen LogP contribution is 2.20. The summed E-state index contributed by atoms with van der Waals surface area (Å²) in [5, 5.41) is 0. The van der Waals surface area contributed by atoms with Crippen molar-refractivity contribution in [2.75, 3.05) is 0 Å². The molecule has 2 amide bonds. The first-order valence-electron chi connectivity index (χ1n) is 5.12. The fraction of sp³-hybridized carbons (Fsp3) is 0.667. The van der Waals surface area contributed by atoms with Crippen LogP contribution in [0, 0.1) is 5.41 Å². The highest BCUT2D eigenvalue weighted by atomic mass is 16.2. The van der Waals surface area contributed by atoms with E-state index >= 15 is 0 Å². The Morgan fingerprint density at radius 1 is 1.20 bits per heavy atom. The molecule has 15 heavy (non-hydrogen) atoms. The molecular formula is C12H21NO2. The van der Waals surface area contributed by atoms with Crippen LogP contribution in [0.2, 0.25) is 0 Å². The fourth-order valence-corrected chi connectivity index (χ4v) is 1.13. The first-order valence-corrected chi connectivity index (χ1v) is 5.12. The van der Waals surface area contributed by atoms with E-state index in [0.717, 1.165) is 0 Å². The number of hydrogen-bond acceptors (Lipinski definition) is 2. The van der Waals surface area contributed by atoms with Crippen molar-refractivity contribution in [3.63, 3.8) is 0 Å². The average Bonchev–Trinajstić information content (AvgIpc) is 2.01. The number of nitrogens with zero attached hydrogens (tertiary/aromatic N) is 1. The van der Waals surface area contributed by atoms with Crippen molar-refractivity contribution in [1.29, 1.82) is 0 Å². The Balaban J connectivity index is 5.09. The summed E-state index contributed by atoms with van der Waals surface area (Å²) >= 11 is 0. The minimum atomic E-state index is -0.546. The molecule has 0 fully saturated rings. The molecule has 3 nitrogen and oxygen atoms in total. The molecule has 0 aromatic carbocycles. The molecule has 0 bridgehead atoms. The smallest absolute Gasteiger partial charge is 0.255 e. The molecule has 3 heteroatoms. The molecule has 0 spiro atoms. The molecule has 0 aliphatic carbocycles. The number of carbonyl (C=O) groups excluding carboxylic acids is 2. The van der Waals surface area contributed by atoms with Crippen LogP contribution in [-0.2, 0) is 9.59 Å². The number of carbonyl (C=O) groups is 2. The second-order valence-corrected chi connectivity index (χ2v) is 5.10. The summed E-state index contributed by atoms with van der Waals surface area (Å²) in [7, 11) is 0. The van der Waals surface area contributed by atoms with Crippen LogP contribution in [0.1, 0.15) is 41.5 Å². The quantitative estimate of drug-likeness (QED) is 0.658. The minimum absolute atomic E-state index is 0.138. The van der Waals surface area contributed by atoms with Gasteiger partial charge in [0.05, 0.1) is 0 Å². The maximum atomic E-state index is 12.0. The highest BCUT2D eigenvalue weighted by Gasteiger charge is 2.33. The first-order chi connectivity index (χ1) is 6.59. The van der Waals surface area contributed by atoms with Gasteiger partial charge in [-0.3, -0.25) is 14.5 Å². The molecule has 0 heterocycles. The summed E-state index contributed by atoms with van der Waals surface area (Å²) < 4.78 is 0. The van der Waals surface area contributed by atoms with Gasteiger partial charge in [0.25, 0.3) is 5.91 Å². The summed E-state index contributed by atoms with van der Waals surface area (Å²) in [6.45, 7) is 14.3. The molecule has 0 unspecified atom stereocenters. The van der Waals surface area contributed by atoms with Crippen LogP contribution in [0.25, 0.3) is 0 Å². The Morgan fingerprint density at radius 2 is 1.60 bits per heavy atom. The third-order valence-corrected chi connectivity index (χ3v) is 1.96. The van der Waals surface area contributed by atoms with Crippen molar-refractivity contribution in [2.24, 2.45) is 5.41 Å². The van der Waals surface area contributed by atoms with Crippen LogP contribution in [0.3, 0.4) is 0 Å². The molecule has 0 N–H and O–H groups in total. The van der Waals surface area contributed by atoms with Crippen molar-refractivity contribution in [2.45, 2.75) is 47.6 Å². The van der Waals surface area contributed by atoms with Crippen LogP contribution in [0.4, 0.5) is 0 Å². The third-order valence-electron chi connectivity index (χ3n) is 1.96. The van der Waals surface area contributed by atoms with Gasteiger partial charge in [-0.15, -0.1) is 0 Å². The normalized spacial score (nSPS) is 11.4. The van der Waals surface area contributed by atoms with Crippen LogP contribution in [-0.4, -0.2) is 22.8 Å². The van der Waals surface area contributed by atoms with Crippen LogP contribution in [0.5, 0.6) is 0 Å². The average molecular weight is 211 g/mol. The summed E-state index contributed by atoms with van der Waals surface area (Å²) in [5.74, 6) is -0.449. The molecule has 0 aromatic rings. The van der Waals surface area contributed by atoms with Gasteiger partial charge >= 0.3 is 0 Å². The number of rotatable bonds is 2. The molecule has 0 saturated carbocycles. The Labute approximate surface area is 92.1 Å². The zero-order valence-corrected chi connectivity index (χ0v) is 10.5. The Hall–Kier alpha value is -1.12. The lowest BCUT2D eigenvalue weighted by Gasteiger charge is -2.31. The van der Waals surface area contributed by atoms with E-state index in [-0.39, 0.29) is 17.9 Å². The van der Waals surface area contributed by atoms with E-state index in [9.17, 15) is 9.59 Å². The monoisotopic (exact) mass is 211 g/mol. The zero-order valence-electron chi connectivity index (χ0n) is 10.5. The highest BCUT2D eigenvalue weighted by molar-refractivity contribution is 6.05. The van der Waals surface area contributed by atoms with Crippen molar-refractivity contribution in [3.05, 3.63) is 12.2 Å². The summed E-state index contributed by atoms with van der Waals surface area (Å²) in [6.07, 6.45) is 0. The van der Waals surface area contributed by atoms with Crippen LogP contribution >= 0.6 is 0 Å². The maximum absolute atomic E-state index is 12.0. The predicted molar refractivity (Wildman–Crippen MR) is 61.3 cm³/mol. The van der Waals surface area contributed by atoms with E-state index in [4.69, 9.17) is 0 Å². The lowest BCUT2D eigenvalue weighted by molar-refractivity contribution is -0.150. The molecule has 0 aliphatic rings. The van der Waals surface area contributed by atoms with Crippen molar-refractivity contribution in [1.82, 2.24) is 4.90 Å². The summed E-state index contributed by atoms with van der Waals surface area (Å²) in [5.41, 5.74) is -0.156. The lowest BCUT2D eigenvalue weighted by Crippen LogP contribution is -2.47. The number of hydrogen-bond donors (Lipinski definition) is 0. The Morgan fingerprint density at radius 3 is 1.80 bits per heavy atom. The zero-order chi connectivity index (χ0) is 12.4. The molecular weight excluding hydrogens is 190 g/mol. The third kappa shape index (κ3) is 3.50. The van der Waals surface area contributed by atoms with E-state index in [1.54, 1.807) is 27.7 Å². The van der Waals surface area contributed by atoms with Gasteiger partial charge in [-0.2, -0.15) is 0 Å². The van der Waals surface area contributed by atoms with Crippen molar-refractivity contribution >= 4 is 11.8 Å². The first kappa shape index (κ1) is 13.9. The Kier molecular flexibility index (Phi) is 4.26. The molecule has 0 rings (SSSR count). The maximum Gasteiger partial charge on any atom is 0.255 e. The molecule has 0 atom stereocenters. The molecule has 0 aliphatic heterocycles. The van der Waals surface area contributed by atoms with Gasteiger partial charge in [-0.25, -0.2) is 0 Å². The van der Waals surface area contributed by atoms with E-state index < -0.39 is 5.41 Å². The van der Waals surface area contributed by atoms with Gasteiger partial charge in [0.15, 0.2) is 0 Å². The largest absolute Gasteiger partial charge is 0.276 e. The number of amides is 2. The van der Waals surface area contributed by atoms with Crippen LogP contribution < -0.4 is 0 Å². The van der Waals surface area contributed by atoms with Gasteiger partial charge in [-0.05, 0) is 20.8 Å². The summed E-state index contributed by atoms with van der Waals surface area (Å²) in [6, 6.07) is -0.138. The van der Waals surface area contributed by atoms with Gasteiger partial charge in [0, 0.05) is 17.0 Å². The second-order valence-electron chi connectivity index (χ2n) is 5.10. The second kappa shape index (κ2) is 4.60. The fourth-order valence-electron chi connectivity index (χ4n) is 1.13. The van der Waals surface area contributed by atoms with Crippen molar-refractivity contribution < 1.29 is 9.59 Å². The molecule has 0 radical (unpaired) electrons. The summed E-state index contributed by atoms with van der Waals surface area (Å²) in [4.78, 5) is 25.1. The standard InChI is InChI=1S/C12H21NO2/c1-8(2)10(14)13(9(3)4)11(15)12(5,6)7/h9H,1H2,2-7H3.